The molecule has 3 aromatic heterocycles. The summed E-state index contributed by atoms with van der Waals surface area (Å²) in [4.78, 5) is 28.7. The second-order valence-corrected chi connectivity index (χ2v) is 5.82. The van der Waals surface area contributed by atoms with Gasteiger partial charge in [0.1, 0.15) is 18.1 Å². The number of carbonyl (C=O) groups excluding carboxylic acids is 1. The van der Waals surface area contributed by atoms with Gasteiger partial charge in [-0.25, -0.2) is 15.0 Å². The number of hydrogen-bond donors (Lipinski definition) is 4. The molecule has 10 nitrogen and oxygen atoms in total. The van der Waals surface area contributed by atoms with Gasteiger partial charge in [-0.15, -0.1) is 0 Å². The average molecular weight is 405 g/mol. The Labute approximate surface area is 172 Å². The molecule has 0 atom stereocenters. The molecule has 0 aliphatic heterocycles. The van der Waals surface area contributed by atoms with Crippen molar-refractivity contribution in [1.29, 1.82) is 0 Å². The minimum atomic E-state index is -0.421. The fraction of sp³-hybridized carbons (Fsp3) is 0.150. The van der Waals surface area contributed by atoms with Gasteiger partial charge < -0.3 is 26.2 Å². The summed E-state index contributed by atoms with van der Waals surface area (Å²) in [7, 11) is 0. The quantitative estimate of drug-likeness (QED) is 0.424. The number of carbonyl (C=O) groups is 1. The van der Waals surface area contributed by atoms with Crippen LogP contribution in [0.5, 0.6) is 5.88 Å². The van der Waals surface area contributed by atoms with Crippen LogP contribution in [0.4, 0.5) is 17.2 Å². The van der Waals surface area contributed by atoms with Gasteiger partial charge in [0, 0.05) is 18.1 Å². The van der Waals surface area contributed by atoms with Gasteiger partial charge in [-0.1, -0.05) is 11.8 Å². The van der Waals surface area contributed by atoms with Gasteiger partial charge in [0.15, 0.2) is 6.61 Å². The van der Waals surface area contributed by atoms with Gasteiger partial charge in [0.25, 0.3) is 5.91 Å². The highest BCUT2D eigenvalue weighted by Crippen LogP contribution is 2.16. The number of hydrogen-bond acceptors (Lipinski definition) is 9. The number of amides is 1. The van der Waals surface area contributed by atoms with Crippen molar-refractivity contribution in [3.8, 4) is 17.7 Å². The van der Waals surface area contributed by atoms with Crippen molar-refractivity contribution in [1.82, 2.24) is 19.9 Å². The Bertz CT molecular complexity index is 1060. The zero-order valence-corrected chi connectivity index (χ0v) is 15.9. The number of nitrogens with two attached hydrogens (primary N) is 1. The summed E-state index contributed by atoms with van der Waals surface area (Å²) in [6.07, 6.45) is 5.84. The summed E-state index contributed by atoms with van der Waals surface area (Å²) in [6, 6.07) is 7.01. The second-order valence-electron chi connectivity index (χ2n) is 5.82. The fourth-order valence-electron chi connectivity index (χ4n) is 2.33. The van der Waals surface area contributed by atoms with Crippen LogP contribution in [0.15, 0.2) is 49.1 Å². The van der Waals surface area contributed by atoms with Crippen molar-refractivity contribution in [2.75, 3.05) is 29.6 Å². The molecule has 0 saturated carbocycles. The maximum Gasteiger partial charge on any atom is 0.275 e. The molecule has 0 aliphatic rings. The second kappa shape index (κ2) is 10.4. The van der Waals surface area contributed by atoms with Crippen LogP contribution in [-0.2, 0) is 6.54 Å². The van der Waals surface area contributed by atoms with Gasteiger partial charge in [-0.2, -0.15) is 0 Å². The van der Waals surface area contributed by atoms with E-state index in [1.54, 1.807) is 30.6 Å². The predicted octanol–water partition coefficient (Wildman–Crippen LogP) is 1.09. The average Bonchev–Trinajstić information content (AvgIpc) is 2.77. The molecule has 5 N–H and O–H groups in total. The Morgan fingerprint density at radius 1 is 1.13 bits per heavy atom. The van der Waals surface area contributed by atoms with Crippen molar-refractivity contribution in [2.24, 2.45) is 0 Å². The highest BCUT2D eigenvalue weighted by Gasteiger charge is 2.10. The molecule has 3 aromatic rings. The molecule has 0 unspecified atom stereocenters. The van der Waals surface area contributed by atoms with Crippen molar-refractivity contribution < 1.29 is 14.6 Å². The largest absolute Gasteiger partial charge is 0.463 e. The first-order chi connectivity index (χ1) is 14.7. The smallest absolute Gasteiger partial charge is 0.275 e. The summed E-state index contributed by atoms with van der Waals surface area (Å²) in [5.41, 5.74) is 7.90. The maximum absolute atomic E-state index is 12.4. The Balaban J connectivity index is 1.57. The van der Waals surface area contributed by atoms with Crippen molar-refractivity contribution >= 4 is 23.1 Å². The monoisotopic (exact) mass is 405 g/mol. The lowest BCUT2D eigenvalue weighted by Gasteiger charge is -2.09. The molecule has 0 radical (unpaired) electrons. The van der Waals surface area contributed by atoms with Crippen LogP contribution in [0.3, 0.4) is 0 Å². The Morgan fingerprint density at radius 3 is 2.80 bits per heavy atom. The van der Waals surface area contributed by atoms with E-state index >= 15 is 0 Å². The number of aromatic nitrogens is 4. The summed E-state index contributed by atoms with van der Waals surface area (Å²) in [5, 5.41) is 14.5. The number of nitrogens with one attached hydrogen (secondary N) is 2. The lowest BCUT2D eigenvalue weighted by atomic mass is 10.3. The lowest BCUT2D eigenvalue weighted by Crippen LogP contribution is -2.15. The van der Waals surface area contributed by atoms with Crippen LogP contribution in [0.1, 0.15) is 16.2 Å². The molecule has 3 rings (SSSR count). The van der Waals surface area contributed by atoms with Crippen LogP contribution >= 0.6 is 0 Å². The van der Waals surface area contributed by atoms with Crippen LogP contribution in [-0.4, -0.2) is 44.2 Å². The summed E-state index contributed by atoms with van der Waals surface area (Å²) >= 11 is 0. The first-order valence-electron chi connectivity index (χ1n) is 8.88. The van der Waals surface area contributed by atoms with Crippen LogP contribution < -0.4 is 21.1 Å². The predicted molar refractivity (Wildman–Crippen MR) is 111 cm³/mol. The van der Waals surface area contributed by atoms with Gasteiger partial charge in [0.2, 0.25) is 5.88 Å². The highest BCUT2D eigenvalue weighted by molar-refractivity contribution is 6.02. The number of aliphatic hydroxyl groups is 1. The third kappa shape index (κ3) is 5.88. The van der Waals surface area contributed by atoms with E-state index in [1.807, 2.05) is 6.07 Å². The number of pyridine rings is 2. The molecule has 30 heavy (non-hydrogen) atoms. The molecule has 10 heteroatoms. The minimum Gasteiger partial charge on any atom is -0.463 e. The number of ether oxygens (including phenoxy) is 1. The zero-order valence-electron chi connectivity index (χ0n) is 15.9. The van der Waals surface area contributed by atoms with E-state index in [0.29, 0.717) is 29.4 Å². The molecule has 0 aromatic carbocycles. The van der Waals surface area contributed by atoms with E-state index in [-0.39, 0.29) is 24.8 Å². The standard InChI is InChI=1S/C20H19N7O3/c21-19-16(4-3-6-23-19)24-11-15-10-14(5-7-22-15)27-20(29)17-12-26-18(13-25-17)30-9-2-1-8-28/h3-7,10,12-13,24,28H,8-9,11H2,(H2,21,23)(H,22,27,29). The number of aliphatic hydroxyl groups excluding tert-OH is 1. The van der Waals surface area contributed by atoms with E-state index in [4.69, 9.17) is 15.6 Å². The van der Waals surface area contributed by atoms with Crippen molar-refractivity contribution in [2.45, 2.75) is 6.54 Å². The lowest BCUT2D eigenvalue weighted by molar-refractivity contribution is 0.102. The fourth-order valence-corrected chi connectivity index (χ4v) is 2.33. The van der Waals surface area contributed by atoms with Crippen LogP contribution in [0, 0.1) is 11.8 Å². The van der Waals surface area contributed by atoms with Gasteiger partial charge in [-0.05, 0) is 24.3 Å². The first kappa shape index (κ1) is 20.5. The third-order valence-corrected chi connectivity index (χ3v) is 3.73. The molecular formula is C20H19N7O3. The van der Waals surface area contributed by atoms with Gasteiger partial charge in [-0.3, -0.25) is 9.78 Å². The first-order valence-corrected chi connectivity index (χ1v) is 8.88. The van der Waals surface area contributed by atoms with Gasteiger partial charge >= 0.3 is 0 Å². The normalized spacial score (nSPS) is 9.90. The molecule has 0 bridgehead atoms. The van der Waals surface area contributed by atoms with E-state index in [1.165, 1.54) is 12.4 Å². The molecule has 0 saturated heterocycles. The Hall–Kier alpha value is -4.23. The minimum absolute atomic E-state index is 0.0688. The molecule has 0 fully saturated rings. The molecule has 1 amide bonds. The SMILES string of the molecule is Nc1ncccc1NCc1cc(NC(=O)c2cnc(OCC#CCO)cn2)ccn1. The summed E-state index contributed by atoms with van der Waals surface area (Å²) < 4.78 is 5.23. The number of rotatable bonds is 7. The highest BCUT2D eigenvalue weighted by atomic mass is 16.5. The zero-order chi connectivity index (χ0) is 21.2. The van der Waals surface area contributed by atoms with E-state index in [9.17, 15) is 4.79 Å². The number of nitrogen functional groups attached to an aromatic ring is 1. The van der Waals surface area contributed by atoms with Crippen LogP contribution in [0.25, 0.3) is 0 Å². The van der Waals surface area contributed by atoms with E-state index in [2.05, 4.69) is 42.4 Å². The maximum atomic E-state index is 12.4. The molecular weight excluding hydrogens is 386 g/mol. The number of anilines is 3. The van der Waals surface area contributed by atoms with Crippen molar-refractivity contribution in [3.63, 3.8) is 0 Å². The molecule has 152 valence electrons. The van der Waals surface area contributed by atoms with E-state index < -0.39 is 5.91 Å². The third-order valence-electron chi connectivity index (χ3n) is 3.73. The topological polar surface area (TPSA) is 148 Å². The molecule has 0 spiro atoms. The summed E-state index contributed by atoms with van der Waals surface area (Å²) in [5.74, 6) is 5.25. The molecule has 0 aliphatic carbocycles. The van der Waals surface area contributed by atoms with E-state index in [0.717, 1.165) is 0 Å². The van der Waals surface area contributed by atoms with Gasteiger partial charge in [0.05, 0.1) is 30.3 Å². The summed E-state index contributed by atoms with van der Waals surface area (Å²) in [6.45, 7) is 0.238. The van der Waals surface area contributed by atoms with Crippen LogP contribution in [0.2, 0.25) is 0 Å². The Morgan fingerprint density at radius 2 is 2.03 bits per heavy atom. The van der Waals surface area contributed by atoms with Crippen molar-refractivity contribution in [3.05, 3.63) is 60.4 Å². The Kier molecular flexibility index (Phi) is 7.07. The molecule has 3 heterocycles. The number of nitrogens with zero attached hydrogens (tertiary/aromatic N) is 4.